The first-order valence-corrected chi connectivity index (χ1v) is 6.34. The zero-order chi connectivity index (χ0) is 13.5. The van der Waals surface area contributed by atoms with Crippen molar-refractivity contribution in [3.05, 3.63) is 34.1 Å². The molecule has 0 aliphatic carbocycles. The number of carbonyl (C=O) groups excluding carboxylic acids is 1. The summed E-state index contributed by atoms with van der Waals surface area (Å²) in [7, 11) is 0. The highest BCUT2D eigenvalue weighted by Crippen LogP contribution is 2.20. The van der Waals surface area contributed by atoms with Crippen molar-refractivity contribution in [2.24, 2.45) is 5.73 Å². The van der Waals surface area contributed by atoms with Crippen molar-refractivity contribution in [2.45, 2.75) is 13.0 Å². The van der Waals surface area contributed by atoms with Crippen LogP contribution in [-0.2, 0) is 9.53 Å². The van der Waals surface area contributed by atoms with Gasteiger partial charge in [0.2, 0.25) is 5.91 Å². The van der Waals surface area contributed by atoms with Gasteiger partial charge in [0.25, 0.3) is 0 Å². The minimum atomic E-state index is -0.481. The van der Waals surface area contributed by atoms with E-state index in [1.54, 1.807) is 12.1 Å². The maximum atomic E-state index is 13.1. The van der Waals surface area contributed by atoms with Gasteiger partial charge in [-0.15, -0.1) is 0 Å². The molecular weight excluding hydrogens is 303 g/mol. The van der Waals surface area contributed by atoms with Crippen molar-refractivity contribution in [1.29, 1.82) is 0 Å². The van der Waals surface area contributed by atoms with Crippen LogP contribution in [0.5, 0.6) is 0 Å². The Labute approximate surface area is 114 Å². The molecule has 1 amide bonds. The molecule has 0 aliphatic rings. The summed E-state index contributed by atoms with van der Waals surface area (Å²) >= 11 is 3.14. The van der Waals surface area contributed by atoms with E-state index in [1.807, 2.05) is 6.92 Å². The van der Waals surface area contributed by atoms with Crippen LogP contribution in [-0.4, -0.2) is 25.7 Å². The molecule has 3 N–H and O–H groups in total. The lowest BCUT2D eigenvalue weighted by Crippen LogP contribution is -2.26. The molecule has 0 heterocycles. The van der Waals surface area contributed by atoms with E-state index in [-0.39, 0.29) is 18.5 Å². The Morgan fingerprint density at radius 1 is 1.61 bits per heavy atom. The highest BCUT2D eigenvalue weighted by Gasteiger charge is 2.07. The average molecular weight is 319 g/mol. The average Bonchev–Trinajstić information content (AvgIpc) is 2.31. The Bertz CT molecular complexity index is 415. The molecule has 1 rings (SSSR count). The normalized spacial score (nSPS) is 12.4. The van der Waals surface area contributed by atoms with Crippen molar-refractivity contribution in [2.75, 3.05) is 19.8 Å². The topological polar surface area (TPSA) is 64.3 Å². The molecule has 1 aromatic carbocycles. The van der Waals surface area contributed by atoms with Crippen LogP contribution in [0.2, 0.25) is 0 Å². The van der Waals surface area contributed by atoms with Gasteiger partial charge in [0.1, 0.15) is 12.4 Å². The van der Waals surface area contributed by atoms with E-state index in [0.29, 0.717) is 17.6 Å². The number of primary amides is 1. The Morgan fingerprint density at radius 3 is 2.94 bits per heavy atom. The van der Waals surface area contributed by atoms with Crippen LogP contribution >= 0.6 is 15.9 Å². The van der Waals surface area contributed by atoms with Gasteiger partial charge in [-0.3, -0.25) is 4.79 Å². The van der Waals surface area contributed by atoms with Crippen LogP contribution in [0.4, 0.5) is 4.39 Å². The molecule has 4 nitrogen and oxygen atoms in total. The maximum Gasteiger partial charge on any atom is 0.243 e. The van der Waals surface area contributed by atoms with Gasteiger partial charge in [0, 0.05) is 12.6 Å². The summed E-state index contributed by atoms with van der Waals surface area (Å²) in [5.41, 5.74) is 5.90. The summed E-state index contributed by atoms with van der Waals surface area (Å²) < 4.78 is 18.5. The number of nitrogens with one attached hydrogen (secondary N) is 1. The molecule has 0 radical (unpaired) electrons. The summed E-state index contributed by atoms with van der Waals surface area (Å²) in [4.78, 5) is 10.4. The standard InChI is InChI=1S/C12H16BrFN2O2/c1-8(16-4-5-18-7-12(15)17)9-2-3-11(14)10(13)6-9/h2-3,6,8,16H,4-5,7H2,1H3,(H2,15,17). The fourth-order valence-electron chi connectivity index (χ4n) is 1.42. The summed E-state index contributed by atoms with van der Waals surface area (Å²) in [5, 5.41) is 3.20. The third kappa shape index (κ3) is 5.12. The van der Waals surface area contributed by atoms with Gasteiger partial charge in [-0.25, -0.2) is 4.39 Å². The van der Waals surface area contributed by atoms with Crippen molar-refractivity contribution in [3.8, 4) is 0 Å². The second kappa shape index (κ2) is 7.45. The number of carbonyl (C=O) groups is 1. The van der Waals surface area contributed by atoms with Gasteiger partial charge in [-0.1, -0.05) is 6.07 Å². The number of nitrogens with two attached hydrogens (primary N) is 1. The minimum absolute atomic E-state index is 0.0686. The largest absolute Gasteiger partial charge is 0.370 e. The summed E-state index contributed by atoms with van der Waals surface area (Å²) in [6, 6.07) is 4.94. The van der Waals surface area contributed by atoms with Crippen molar-refractivity contribution in [1.82, 2.24) is 5.32 Å². The molecule has 0 spiro atoms. The minimum Gasteiger partial charge on any atom is -0.370 e. The molecule has 0 aromatic heterocycles. The van der Waals surface area contributed by atoms with Crippen LogP contribution in [0.15, 0.2) is 22.7 Å². The Kier molecular flexibility index (Phi) is 6.24. The Balaban J connectivity index is 2.34. The van der Waals surface area contributed by atoms with Crippen molar-refractivity contribution in [3.63, 3.8) is 0 Å². The molecule has 1 aromatic rings. The zero-order valence-electron chi connectivity index (χ0n) is 10.1. The third-order valence-electron chi connectivity index (χ3n) is 2.38. The number of amides is 1. The number of benzene rings is 1. The van der Waals surface area contributed by atoms with Crippen LogP contribution in [0.3, 0.4) is 0 Å². The molecule has 18 heavy (non-hydrogen) atoms. The van der Waals surface area contributed by atoms with Gasteiger partial charge >= 0.3 is 0 Å². The monoisotopic (exact) mass is 318 g/mol. The fourth-order valence-corrected chi connectivity index (χ4v) is 1.82. The van der Waals surface area contributed by atoms with E-state index in [2.05, 4.69) is 21.2 Å². The predicted octanol–water partition coefficient (Wildman–Crippen LogP) is 1.74. The van der Waals surface area contributed by atoms with E-state index in [9.17, 15) is 9.18 Å². The van der Waals surface area contributed by atoms with E-state index in [4.69, 9.17) is 10.5 Å². The molecule has 6 heteroatoms. The van der Waals surface area contributed by atoms with Gasteiger partial charge in [-0.2, -0.15) is 0 Å². The van der Waals surface area contributed by atoms with Gasteiger partial charge in [-0.05, 0) is 40.5 Å². The predicted molar refractivity (Wildman–Crippen MR) is 70.5 cm³/mol. The molecule has 100 valence electrons. The number of halogens is 2. The van der Waals surface area contributed by atoms with E-state index in [0.717, 1.165) is 5.56 Å². The number of hydrogen-bond acceptors (Lipinski definition) is 3. The second-order valence-corrected chi connectivity index (χ2v) is 4.72. The van der Waals surface area contributed by atoms with E-state index >= 15 is 0 Å². The zero-order valence-corrected chi connectivity index (χ0v) is 11.7. The maximum absolute atomic E-state index is 13.1. The number of hydrogen-bond donors (Lipinski definition) is 2. The molecule has 0 fully saturated rings. The van der Waals surface area contributed by atoms with E-state index in [1.165, 1.54) is 6.07 Å². The second-order valence-electron chi connectivity index (χ2n) is 3.87. The molecule has 0 saturated heterocycles. The molecule has 1 unspecified atom stereocenters. The van der Waals surface area contributed by atoms with Gasteiger partial charge in [0.15, 0.2) is 0 Å². The summed E-state index contributed by atoms with van der Waals surface area (Å²) in [5.74, 6) is -0.763. The first kappa shape index (κ1) is 15.1. The van der Waals surface area contributed by atoms with Crippen molar-refractivity contribution < 1.29 is 13.9 Å². The lowest BCUT2D eigenvalue weighted by molar-refractivity contribution is -0.122. The molecule has 1 atom stereocenters. The first-order chi connectivity index (χ1) is 8.50. The highest BCUT2D eigenvalue weighted by molar-refractivity contribution is 9.10. The van der Waals surface area contributed by atoms with Crippen LogP contribution in [0.25, 0.3) is 0 Å². The van der Waals surface area contributed by atoms with Crippen LogP contribution in [0.1, 0.15) is 18.5 Å². The lowest BCUT2D eigenvalue weighted by atomic mass is 10.1. The SMILES string of the molecule is CC(NCCOCC(N)=O)c1ccc(F)c(Br)c1. The van der Waals surface area contributed by atoms with Gasteiger partial charge in [0.05, 0.1) is 11.1 Å². The smallest absolute Gasteiger partial charge is 0.243 e. The summed E-state index contributed by atoms with van der Waals surface area (Å²) in [6.45, 7) is 2.88. The lowest BCUT2D eigenvalue weighted by Gasteiger charge is -2.14. The van der Waals surface area contributed by atoms with Gasteiger partial charge < -0.3 is 15.8 Å². The highest BCUT2D eigenvalue weighted by atomic mass is 79.9. The first-order valence-electron chi connectivity index (χ1n) is 5.55. The number of ether oxygens (including phenoxy) is 1. The molecule has 0 aliphatic heterocycles. The molecular formula is C12H16BrFN2O2. The molecule has 0 saturated carbocycles. The quantitative estimate of drug-likeness (QED) is 0.753. The van der Waals surface area contributed by atoms with Crippen molar-refractivity contribution >= 4 is 21.8 Å². The Hall–Kier alpha value is -0.980. The third-order valence-corrected chi connectivity index (χ3v) is 2.99. The van der Waals surface area contributed by atoms with E-state index < -0.39 is 5.91 Å². The van der Waals surface area contributed by atoms with Crippen LogP contribution < -0.4 is 11.1 Å². The van der Waals surface area contributed by atoms with Crippen LogP contribution in [0, 0.1) is 5.82 Å². The summed E-state index contributed by atoms with van der Waals surface area (Å²) in [6.07, 6.45) is 0. The fraction of sp³-hybridized carbons (Fsp3) is 0.417. The molecule has 0 bridgehead atoms. The Morgan fingerprint density at radius 2 is 2.33 bits per heavy atom. The number of rotatable bonds is 7.